The Morgan fingerprint density at radius 3 is 2.71 bits per heavy atom. The Hall–Kier alpha value is -0.620. The summed E-state index contributed by atoms with van der Waals surface area (Å²) in [6, 6.07) is 9.84. The van der Waals surface area contributed by atoms with Crippen LogP contribution in [0.1, 0.15) is 18.6 Å². The van der Waals surface area contributed by atoms with Crippen molar-refractivity contribution >= 4 is 28.6 Å². The van der Waals surface area contributed by atoms with Crippen molar-refractivity contribution < 1.29 is 14.3 Å². The van der Waals surface area contributed by atoms with Crippen molar-refractivity contribution in [2.24, 2.45) is 5.92 Å². The molecule has 0 bridgehead atoms. The topological polar surface area (TPSA) is 35.5 Å². The first kappa shape index (κ1) is 12.8. The highest BCUT2D eigenvalue weighted by Crippen LogP contribution is 2.42. The zero-order valence-electron chi connectivity index (χ0n) is 9.64. The maximum absolute atomic E-state index is 11.9. The van der Waals surface area contributed by atoms with Crippen molar-refractivity contribution in [3.05, 3.63) is 35.9 Å². The van der Waals surface area contributed by atoms with Gasteiger partial charge in [-0.3, -0.25) is 4.79 Å². The van der Waals surface area contributed by atoms with Gasteiger partial charge in [0.1, 0.15) is 5.92 Å². The number of rotatable bonds is 4. The monoisotopic (exact) mass is 346 g/mol. The van der Waals surface area contributed by atoms with Crippen LogP contribution in [0.3, 0.4) is 0 Å². The lowest BCUT2D eigenvalue weighted by Gasteiger charge is -2.42. The molecular formula is C13H15IO3. The minimum absolute atomic E-state index is 0.0140. The van der Waals surface area contributed by atoms with Gasteiger partial charge in [-0.1, -0.05) is 52.9 Å². The van der Waals surface area contributed by atoms with Crippen LogP contribution in [0, 0.1) is 5.92 Å². The average molecular weight is 346 g/mol. The molecule has 0 spiro atoms. The van der Waals surface area contributed by atoms with Crippen molar-refractivity contribution in [2.45, 2.75) is 19.1 Å². The summed E-state index contributed by atoms with van der Waals surface area (Å²) in [6.07, 6.45) is -0.158. The maximum Gasteiger partial charge on any atom is 0.314 e. The van der Waals surface area contributed by atoms with Gasteiger partial charge in [0.25, 0.3) is 0 Å². The van der Waals surface area contributed by atoms with Gasteiger partial charge in [-0.05, 0) is 12.5 Å². The van der Waals surface area contributed by atoms with Crippen LogP contribution in [-0.2, 0) is 14.3 Å². The number of carbonyl (C=O) groups is 1. The second-order valence-electron chi connectivity index (χ2n) is 3.94. The van der Waals surface area contributed by atoms with Crippen LogP contribution in [0.25, 0.3) is 0 Å². The zero-order valence-corrected chi connectivity index (χ0v) is 11.8. The minimum atomic E-state index is -0.158. The first-order valence-electron chi connectivity index (χ1n) is 5.71. The SMILES string of the molecule is CCOC(=O)C1C(CI)OC1c1ccccc1. The lowest BCUT2D eigenvalue weighted by Crippen LogP contribution is -2.49. The van der Waals surface area contributed by atoms with E-state index < -0.39 is 0 Å². The Morgan fingerprint density at radius 2 is 2.12 bits per heavy atom. The van der Waals surface area contributed by atoms with E-state index in [4.69, 9.17) is 9.47 Å². The fourth-order valence-corrected chi connectivity index (χ4v) is 2.79. The van der Waals surface area contributed by atoms with Crippen LogP contribution in [0.15, 0.2) is 30.3 Å². The molecule has 1 heterocycles. The first-order chi connectivity index (χ1) is 8.27. The summed E-state index contributed by atoms with van der Waals surface area (Å²) >= 11 is 2.24. The lowest BCUT2D eigenvalue weighted by atomic mass is 9.86. The lowest BCUT2D eigenvalue weighted by molar-refractivity contribution is -0.203. The molecule has 0 aliphatic carbocycles. The molecule has 0 amide bonds. The number of hydrogen-bond donors (Lipinski definition) is 0. The fraction of sp³-hybridized carbons (Fsp3) is 0.462. The number of esters is 1. The molecule has 0 aromatic heterocycles. The molecule has 1 aliphatic heterocycles. The summed E-state index contributed by atoms with van der Waals surface area (Å²) in [7, 11) is 0. The summed E-state index contributed by atoms with van der Waals surface area (Å²) in [5, 5.41) is 0. The average Bonchev–Trinajstić information content (AvgIpc) is 2.30. The van der Waals surface area contributed by atoms with Gasteiger partial charge in [0.2, 0.25) is 0 Å². The molecule has 1 fully saturated rings. The van der Waals surface area contributed by atoms with Gasteiger partial charge in [0, 0.05) is 4.43 Å². The minimum Gasteiger partial charge on any atom is -0.466 e. The smallest absolute Gasteiger partial charge is 0.314 e. The molecule has 1 aliphatic rings. The van der Waals surface area contributed by atoms with E-state index in [9.17, 15) is 4.79 Å². The zero-order chi connectivity index (χ0) is 12.3. The Morgan fingerprint density at radius 1 is 1.41 bits per heavy atom. The number of ether oxygens (including phenoxy) is 2. The third-order valence-corrected chi connectivity index (χ3v) is 3.76. The maximum atomic E-state index is 11.9. The third-order valence-electron chi connectivity index (χ3n) is 2.89. The van der Waals surface area contributed by atoms with Crippen molar-refractivity contribution in [1.29, 1.82) is 0 Å². The van der Waals surface area contributed by atoms with Gasteiger partial charge in [0.05, 0.1) is 18.8 Å². The van der Waals surface area contributed by atoms with Crippen molar-refractivity contribution in [1.82, 2.24) is 0 Å². The van der Waals surface area contributed by atoms with Crippen LogP contribution in [0.5, 0.6) is 0 Å². The van der Waals surface area contributed by atoms with E-state index in [-0.39, 0.29) is 24.1 Å². The van der Waals surface area contributed by atoms with E-state index in [1.54, 1.807) is 0 Å². The molecule has 0 N–H and O–H groups in total. The van der Waals surface area contributed by atoms with Gasteiger partial charge in [-0.2, -0.15) is 0 Å². The number of benzene rings is 1. The molecular weight excluding hydrogens is 331 g/mol. The molecule has 3 nitrogen and oxygen atoms in total. The molecule has 1 aromatic carbocycles. The molecule has 4 heteroatoms. The molecule has 3 atom stereocenters. The number of halogens is 1. The van der Waals surface area contributed by atoms with Gasteiger partial charge in [-0.15, -0.1) is 0 Å². The molecule has 92 valence electrons. The molecule has 3 unspecified atom stereocenters. The van der Waals surface area contributed by atoms with Gasteiger partial charge in [-0.25, -0.2) is 0 Å². The molecule has 2 rings (SSSR count). The summed E-state index contributed by atoms with van der Waals surface area (Å²) in [6.45, 7) is 2.25. The summed E-state index contributed by atoms with van der Waals surface area (Å²) in [4.78, 5) is 11.9. The third kappa shape index (κ3) is 2.63. The van der Waals surface area contributed by atoms with E-state index in [0.29, 0.717) is 6.61 Å². The van der Waals surface area contributed by atoms with Crippen LogP contribution < -0.4 is 0 Å². The van der Waals surface area contributed by atoms with Crippen molar-refractivity contribution in [2.75, 3.05) is 11.0 Å². The standard InChI is InChI=1S/C13H15IO3/c1-2-16-13(15)11-10(8-14)17-12(11)9-6-4-3-5-7-9/h3-7,10-12H,2,8H2,1H3. The van der Waals surface area contributed by atoms with Gasteiger partial charge in [0.15, 0.2) is 0 Å². The second kappa shape index (κ2) is 5.82. The normalized spacial score (nSPS) is 27.3. The van der Waals surface area contributed by atoms with Crippen LogP contribution in [0.4, 0.5) is 0 Å². The Bertz CT molecular complexity index is 380. The molecule has 0 saturated carbocycles. The predicted octanol–water partition coefficient (Wildman–Crippen LogP) is 2.74. The molecule has 1 aromatic rings. The van der Waals surface area contributed by atoms with E-state index >= 15 is 0 Å². The Labute approximate surface area is 115 Å². The number of alkyl halides is 1. The quantitative estimate of drug-likeness (QED) is 0.478. The summed E-state index contributed by atoms with van der Waals surface area (Å²) < 4.78 is 11.7. The molecule has 1 saturated heterocycles. The Kier molecular flexibility index (Phi) is 4.39. The van der Waals surface area contributed by atoms with E-state index in [2.05, 4.69) is 22.6 Å². The van der Waals surface area contributed by atoms with Crippen LogP contribution in [-0.4, -0.2) is 23.1 Å². The van der Waals surface area contributed by atoms with E-state index in [1.807, 2.05) is 37.3 Å². The molecule has 17 heavy (non-hydrogen) atoms. The van der Waals surface area contributed by atoms with Crippen LogP contribution >= 0.6 is 22.6 Å². The number of hydrogen-bond acceptors (Lipinski definition) is 3. The summed E-state index contributed by atoms with van der Waals surface area (Å²) in [5.74, 6) is -0.302. The van der Waals surface area contributed by atoms with E-state index in [0.717, 1.165) is 9.99 Å². The van der Waals surface area contributed by atoms with Gasteiger partial charge < -0.3 is 9.47 Å². The predicted molar refractivity (Wildman–Crippen MR) is 73.1 cm³/mol. The van der Waals surface area contributed by atoms with Crippen LogP contribution in [0.2, 0.25) is 0 Å². The highest BCUT2D eigenvalue weighted by Gasteiger charge is 2.48. The summed E-state index contributed by atoms with van der Waals surface area (Å²) in [5.41, 5.74) is 1.05. The highest BCUT2D eigenvalue weighted by atomic mass is 127. The van der Waals surface area contributed by atoms with E-state index in [1.165, 1.54) is 0 Å². The first-order valence-corrected chi connectivity index (χ1v) is 7.23. The van der Waals surface area contributed by atoms with Crippen molar-refractivity contribution in [3.63, 3.8) is 0 Å². The van der Waals surface area contributed by atoms with Gasteiger partial charge >= 0.3 is 5.97 Å². The second-order valence-corrected chi connectivity index (χ2v) is 4.82. The number of carbonyl (C=O) groups excluding carboxylic acids is 1. The largest absolute Gasteiger partial charge is 0.466 e. The molecule has 0 radical (unpaired) electrons. The van der Waals surface area contributed by atoms with Crippen molar-refractivity contribution in [3.8, 4) is 0 Å². The Balaban J connectivity index is 2.12. The fourth-order valence-electron chi connectivity index (χ4n) is 2.04. The highest BCUT2D eigenvalue weighted by molar-refractivity contribution is 14.1.